The largest absolute Gasteiger partial charge is 0.352 e. The van der Waals surface area contributed by atoms with E-state index in [4.69, 9.17) is 11.6 Å². The minimum atomic E-state index is -3.53. The first-order valence-electron chi connectivity index (χ1n) is 12.4. The molecule has 9 heteroatoms. The van der Waals surface area contributed by atoms with Crippen molar-refractivity contribution in [3.63, 3.8) is 0 Å². The molecule has 0 aliphatic carbocycles. The summed E-state index contributed by atoms with van der Waals surface area (Å²) in [6, 6.07) is 13.8. The lowest BCUT2D eigenvalue weighted by atomic mass is 10.1. The number of nitrogens with zero attached hydrogens (tertiary/aromatic N) is 2. The fourth-order valence-corrected chi connectivity index (χ4v) is 5.12. The SMILES string of the molecule is CCC(C)NC(=O)C(CC)N(Cc1ccc(Cl)cc1)C(=O)CCCN(c1ccccc1C)S(C)(=O)=O. The molecule has 2 unspecified atom stereocenters. The first-order chi connectivity index (χ1) is 17.0. The molecule has 198 valence electrons. The van der Waals surface area contributed by atoms with E-state index in [1.165, 1.54) is 10.6 Å². The summed E-state index contributed by atoms with van der Waals surface area (Å²) >= 11 is 6.02. The number of nitrogens with one attached hydrogen (secondary N) is 1. The summed E-state index contributed by atoms with van der Waals surface area (Å²) in [6.45, 7) is 8.09. The second-order valence-corrected chi connectivity index (χ2v) is 11.5. The Morgan fingerprint density at radius 3 is 2.22 bits per heavy atom. The molecule has 0 saturated carbocycles. The molecular formula is C27H38ClN3O4S. The zero-order valence-corrected chi connectivity index (χ0v) is 23.4. The molecule has 2 aromatic carbocycles. The Morgan fingerprint density at radius 1 is 1.03 bits per heavy atom. The summed E-state index contributed by atoms with van der Waals surface area (Å²) in [6.07, 6.45) is 2.84. The van der Waals surface area contributed by atoms with Gasteiger partial charge in [-0.3, -0.25) is 13.9 Å². The van der Waals surface area contributed by atoms with Gasteiger partial charge >= 0.3 is 0 Å². The molecule has 0 saturated heterocycles. The van der Waals surface area contributed by atoms with Crippen LogP contribution < -0.4 is 9.62 Å². The molecule has 2 atom stereocenters. The van der Waals surface area contributed by atoms with Crippen LogP contribution in [0.3, 0.4) is 0 Å². The Morgan fingerprint density at radius 2 is 1.67 bits per heavy atom. The summed E-state index contributed by atoms with van der Waals surface area (Å²) in [5.41, 5.74) is 2.30. The Bertz CT molecular complexity index is 1120. The van der Waals surface area contributed by atoms with Gasteiger partial charge in [0, 0.05) is 30.6 Å². The summed E-state index contributed by atoms with van der Waals surface area (Å²) in [5, 5.41) is 3.58. The predicted octanol–water partition coefficient (Wildman–Crippen LogP) is 4.92. The summed E-state index contributed by atoms with van der Waals surface area (Å²) in [4.78, 5) is 28.1. The lowest BCUT2D eigenvalue weighted by molar-refractivity contribution is -0.141. The number of para-hydroxylation sites is 1. The molecule has 0 spiro atoms. The molecule has 1 N–H and O–H groups in total. The number of anilines is 1. The summed E-state index contributed by atoms with van der Waals surface area (Å²) < 4.78 is 26.3. The van der Waals surface area contributed by atoms with Crippen LogP contribution in [0.5, 0.6) is 0 Å². The van der Waals surface area contributed by atoms with Crippen LogP contribution in [0.1, 0.15) is 57.6 Å². The fourth-order valence-electron chi connectivity index (χ4n) is 3.97. The second-order valence-electron chi connectivity index (χ2n) is 9.12. The number of amides is 2. The van der Waals surface area contributed by atoms with Crippen molar-refractivity contribution in [3.05, 3.63) is 64.7 Å². The molecule has 0 aliphatic heterocycles. The summed E-state index contributed by atoms with van der Waals surface area (Å²) in [5.74, 6) is -0.388. The zero-order valence-electron chi connectivity index (χ0n) is 21.8. The zero-order chi connectivity index (χ0) is 26.9. The van der Waals surface area contributed by atoms with Crippen molar-refractivity contribution in [1.29, 1.82) is 0 Å². The van der Waals surface area contributed by atoms with Crippen LogP contribution in [0.15, 0.2) is 48.5 Å². The van der Waals surface area contributed by atoms with Gasteiger partial charge in [-0.05, 0) is 62.4 Å². The lowest BCUT2D eigenvalue weighted by Gasteiger charge is -2.32. The number of sulfonamides is 1. The van der Waals surface area contributed by atoms with Crippen molar-refractivity contribution in [2.75, 3.05) is 17.1 Å². The van der Waals surface area contributed by atoms with Crippen molar-refractivity contribution >= 4 is 39.1 Å². The van der Waals surface area contributed by atoms with Crippen LogP contribution in [0, 0.1) is 6.92 Å². The molecule has 2 amide bonds. The van der Waals surface area contributed by atoms with Gasteiger partial charge in [0.1, 0.15) is 6.04 Å². The van der Waals surface area contributed by atoms with Crippen LogP contribution in [-0.4, -0.2) is 50.0 Å². The van der Waals surface area contributed by atoms with Gasteiger partial charge in [-0.1, -0.05) is 55.8 Å². The number of carbonyl (C=O) groups is 2. The first kappa shape index (κ1) is 29.6. The molecule has 0 fully saturated rings. The number of hydrogen-bond acceptors (Lipinski definition) is 4. The average Bonchev–Trinajstić information content (AvgIpc) is 2.82. The Hall–Kier alpha value is -2.58. The van der Waals surface area contributed by atoms with Gasteiger partial charge in [0.15, 0.2) is 0 Å². The van der Waals surface area contributed by atoms with Crippen molar-refractivity contribution in [2.24, 2.45) is 0 Å². The van der Waals surface area contributed by atoms with Crippen molar-refractivity contribution < 1.29 is 18.0 Å². The van der Waals surface area contributed by atoms with Crippen molar-refractivity contribution in [1.82, 2.24) is 10.2 Å². The highest BCUT2D eigenvalue weighted by Gasteiger charge is 2.29. The molecule has 0 bridgehead atoms. The van der Waals surface area contributed by atoms with Gasteiger partial charge in [-0.2, -0.15) is 0 Å². The maximum absolute atomic E-state index is 13.5. The minimum Gasteiger partial charge on any atom is -0.352 e. The van der Waals surface area contributed by atoms with E-state index in [1.54, 1.807) is 29.2 Å². The maximum atomic E-state index is 13.5. The fraction of sp³-hybridized carbons (Fsp3) is 0.481. The maximum Gasteiger partial charge on any atom is 0.243 e. The molecule has 0 radical (unpaired) electrons. The Kier molecular flexibility index (Phi) is 11.2. The van der Waals surface area contributed by atoms with E-state index >= 15 is 0 Å². The first-order valence-corrected chi connectivity index (χ1v) is 14.6. The third-order valence-corrected chi connectivity index (χ3v) is 7.62. The molecule has 0 aliphatic rings. The second kappa shape index (κ2) is 13.7. The number of carbonyl (C=O) groups excluding carboxylic acids is 2. The quantitative estimate of drug-likeness (QED) is 0.394. The van der Waals surface area contributed by atoms with E-state index in [-0.39, 0.29) is 37.4 Å². The molecular weight excluding hydrogens is 498 g/mol. The number of benzene rings is 2. The van der Waals surface area contributed by atoms with E-state index in [0.29, 0.717) is 23.6 Å². The smallest absolute Gasteiger partial charge is 0.243 e. The molecule has 2 rings (SSSR count). The molecule has 0 aromatic heterocycles. The third-order valence-electron chi connectivity index (χ3n) is 6.19. The van der Waals surface area contributed by atoms with Gasteiger partial charge in [-0.15, -0.1) is 0 Å². The van der Waals surface area contributed by atoms with Gasteiger partial charge in [0.05, 0.1) is 11.9 Å². The van der Waals surface area contributed by atoms with Crippen molar-refractivity contribution in [2.45, 2.75) is 72.0 Å². The van der Waals surface area contributed by atoms with Crippen LogP contribution in [-0.2, 0) is 26.2 Å². The highest BCUT2D eigenvalue weighted by atomic mass is 35.5. The topological polar surface area (TPSA) is 86.8 Å². The van der Waals surface area contributed by atoms with E-state index in [2.05, 4.69) is 5.32 Å². The number of aryl methyl sites for hydroxylation is 1. The standard InChI is InChI=1S/C27H38ClN3O4S/c1-6-21(4)29-27(33)24(7-2)30(19-22-14-16-23(28)17-15-22)26(32)13-10-18-31(36(5,34)35)25-12-9-8-11-20(25)3/h8-9,11-12,14-17,21,24H,6-7,10,13,18-19H2,1-5H3,(H,29,33). The van der Waals surface area contributed by atoms with Crippen molar-refractivity contribution in [3.8, 4) is 0 Å². The highest BCUT2D eigenvalue weighted by Crippen LogP contribution is 2.23. The molecule has 2 aromatic rings. The Labute approximate surface area is 220 Å². The molecule has 36 heavy (non-hydrogen) atoms. The lowest BCUT2D eigenvalue weighted by Crippen LogP contribution is -2.50. The van der Waals surface area contributed by atoms with Gasteiger partial charge in [0.2, 0.25) is 21.8 Å². The van der Waals surface area contributed by atoms with E-state index in [1.807, 2.05) is 52.0 Å². The van der Waals surface area contributed by atoms with Crippen LogP contribution in [0.4, 0.5) is 5.69 Å². The highest BCUT2D eigenvalue weighted by molar-refractivity contribution is 7.92. The molecule has 0 heterocycles. The normalized spacial score (nSPS) is 13.1. The Balaban J connectivity index is 2.23. The monoisotopic (exact) mass is 535 g/mol. The number of hydrogen-bond donors (Lipinski definition) is 1. The third kappa shape index (κ3) is 8.52. The number of rotatable bonds is 13. The van der Waals surface area contributed by atoms with E-state index in [9.17, 15) is 18.0 Å². The van der Waals surface area contributed by atoms with Gasteiger partial charge in [-0.25, -0.2) is 8.42 Å². The van der Waals surface area contributed by atoms with Crippen LogP contribution >= 0.6 is 11.6 Å². The van der Waals surface area contributed by atoms with E-state index < -0.39 is 16.1 Å². The average molecular weight is 536 g/mol. The van der Waals surface area contributed by atoms with Gasteiger partial charge in [0.25, 0.3) is 0 Å². The summed E-state index contributed by atoms with van der Waals surface area (Å²) in [7, 11) is -3.53. The van der Waals surface area contributed by atoms with E-state index in [0.717, 1.165) is 17.5 Å². The van der Waals surface area contributed by atoms with Gasteiger partial charge < -0.3 is 10.2 Å². The predicted molar refractivity (Wildman–Crippen MR) is 147 cm³/mol. The molecule has 7 nitrogen and oxygen atoms in total. The minimum absolute atomic E-state index is 0.00327. The number of halogens is 1. The van der Waals surface area contributed by atoms with Crippen LogP contribution in [0.2, 0.25) is 5.02 Å². The van der Waals surface area contributed by atoms with Crippen LogP contribution in [0.25, 0.3) is 0 Å².